The van der Waals surface area contributed by atoms with E-state index in [1.807, 2.05) is 0 Å². The Hall–Kier alpha value is -1.69. The Morgan fingerprint density at radius 3 is 2.86 bits per heavy atom. The topological polar surface area (TPSA) is 71.7 Å². The molecule has 118 valence electrons. The second-order valence-electron chi connectivity index (χ2n) is 4.66. The molecule has 1 heterocycles. The monoisotopic (exact) mass is 343 g/mol. The molecule has 1 atom stereocenters. The number of ether oxygens (including phenoxy) is 1. The van der Waals surface area contributed by atoms with Crippen molar-refractivity contribution in [1.82, 2.24) is 5.32 Å². The van der Waals surface area contributed by atoms with Crippen molar-refractivity contribution in [2.45, 2.75) is 13.0 Å². The molecule has 0 saturated carbocycles. The van der Waals surface area contributed by atoms with Crippen LogP contribution in [0.15, 0.2) is 34.9 Å². The van der Waals surface area contributed by atoms with Crippen LogP contribution in [0.4, 0.5) is 0 Å². The van der Waals surface area contributed by atoms with E-state index in [2.05, 4.69) is 5.32 Å². The van der Waals surface area contributed by atoms with Gasteiger partial charge in [-0.1, -0.05) is 29.3 Å². The Kier molecular flexibility index (Phi) is 5.71. The van der Waals surface area contributed by atoms with Gasteiger partial charge in [0.05, 0.1) is 11.3 Å². The fraction of sp³-hybridized carbons (Fsp3) is 0.267. The zero-order chi connectivity index (χ0) is 16.1. The number of hydrogen-bond donors (Lipinski definition) is 2. The van der Waals surface area contributed by atoms with Crippen LogP contribution in [0.25, 0.3) is 0 Å². The van der Waals surface area contributed by atoms with Crippen molar-refractivity contribution in [3.8, 4) is 5.75 Å². The number of benzene rings is 1. The molecule has 1 amide bonds. The minimum Gasteiger partial charge on any atom is -0.489 e. The second-order valence-corrected chi connectivity index (χ2v) is 5.44. The summed E-state index contributed by atoms with van der Waals surface area (Å²) in [7, 11) is 0. The average Bonchev–Trinajstić information content (AvgIpc) is 2.92. The van der Waals surface area contributed by atoms with E-state index in [0.717, 1.165) is 5.56 Å². The number of carbonyl (C=O) groups excluding carboxylic acids is 1. The van der Waals surface area contributed by atoms with Gasteiger partial charge in [-0.3, -0.25) is 4.79 Å². The Morgan fingerprint density at radius 2 is 2.18 bits per heavy atom. The number of carbonyl (C=O) groups is 1. The predicted molar refractivity (Wildman–Crippen MR) is 83.7 cm³/mol. The van der Waals surface area contributed by atoms with Gasteiger partial charge in [-0.15, -0.1) is 0 Å². The molecule has 1 unspecified atom stereocenters. The maximum absolute atomic E-state index is 11.8. The number of aliphatic hydroxyl groups is 1. The molecule has 0 spiro atoms. The van der Waals surface area contributed by atoms with E-state index in [9.17, 15) is 9.90 Å². The molecular formula is C15H15Cl2NO4. The quantitative estimate of drug-likeness (QED) is 0.845. The van der Waals surface area contributed by atoms with Gasteiger partial charge in [0.25, 0.3) is 5.91 Å². The van der Waals surface area contributed by atoms with Crippen LogP contribution in [-0.2, 0) is 0 Å². The predicted octanol–water partition coefficient (Wildman–Crippen LogP) is 3.06. The highest BCUT2D eigenvalue weighted by atomic mass is 35.5. The summed E-state index contributed by atoms with van der Waals surface area (Å²) < 4.78 is 10.4. The lowest BCUT2D eigenvalue weighted by Gasteiger charge is -2.14. The van der Waals surface area contributed by atoms with Gasteiger partial charge >= 0.3 is 0 Å². The lowest BCUT2D eigenvalue weighted by atomic mass is 10.2. The van der Waals surface area contributed by atoms with Gasteiger partial charge < -0.3 is 19.6 Å². The molecule has 7 heteroatoms. The van der Waals surface area contributed by atoms with Crippen LogP contribution in [-0.4, -0.2) is 30.3 Å². The number of halogens is 2. The third kappa shape index (κ3) is 4.16. The number of aryl methyl sites for hydroxylation is 1. The van der Waals surface area contributed by atoms with Crippen LogP contribution in [0.3, 0.4) is 0 Å². The smallest absolute Gasteiger partial charge is 0.287 e. The van der Waals surface area contributed by atoms with Gasteiger partial charge in [0.2, 0.25) is 0 Å². The summed E-state index contributed by atoms with van der Waals surface area (Å²) in [4.78, 5) is 11.8. The fourth-order valence-electron chi connectivity index (χ4n) is 1.74. The summed E-state index contributed by atoms with van der Waals surface area (Å²) in [5.41, 5.74) is 0.731. The highest BCUT2D eigenvalue weighted by Gasteiger charge is 2.15. The third-order valence-corrected chi connectivity index (χ3v) is 3.72. The van der Waals surface area contributed by atoms with Crippen molar-refractivity contribution < 1.29 is 19.1 Å². The number of amides is 1. The number of hydrogen-bond acceptors (Lipinski definition) is 4. The Bertz CT molecular complexity index is 657. The van der Waals surface area contributed by atoms with Crippen LogP contribution in [0.1, 0.15) is 16.1 Å². The highest BCUT2D eigenvalue weighted by molar-refractivity contribution is 6.42. The fourth-order valence-corrected chi connectivity index (χ4v) is 2.08. The third-order valence-electron chi connectivity index (χ3n) is 2.91. The van der Waals surface area contributed by atoms with E-state index < -0.39 is 6.10 Å². The van der Waals surface area contributed by atoms with E-state index in [0.29, 0.717) is 10.8 Å². The maximum Gasteiger partial charge on any atom is 0.287 e. The van der Waals surface area contributed by atoms with E-state index in [-0.39, 0.29) is 29.8 Å². The highest BCUT2D eigenvalue weighted by Crippen LogP contribution is 2.31. The van der Waals surface area contributed by atoms with E-state index in [1.165, 1.54) is 6.26 Å². The normalized spacial score (nSPS) is 12.0. The maximum atomic E-state index is 11.8. The van der Waals surface area contributed by atoms with Crippen LogP contribution < -0.4 is 10.1 Å². The number of aliphatic hydroxyl groups excluding tert-OH is 1. The van der Waals surface area contributed by atoms with Crippen molar-refractivity contribution >= 4 is 29.1 Å². The molecule has 0 bridgehead atoms. The average molecular weight is 344 g/mol. The zero-order valence-corrected chi connectivity index (χ0v) is 13.3. The molecule has 0 fully saturated rings. The van der Waals surface area contributed by atoms with Gasteiger partial charge in [0.15, 0.2) is 5.76 Å². The molecule has 1 aromatic carbocycles. The minimum absolute atomic E-state index is 0.0250. The molecule has 0 aliphatic rings. The first-order chi connectivity index (χ1) is 10.5. The largest absolute Gasteiger partial charge is 0.489 e. The van der Waals surface area contributed by atoms with E-state index in [1.54, 1.807) is 31.2 Å². The van der Waals surface area contributed by atoms with Crippen LogP contribution in [0, 0.1) is 6.92 Å². The van der Waals surface area contributed by atoms with Crippen molar-refractivity contribution in [3.05, 3.63) is 51.9 Å². The molecule has 0 saturated heterocycles. The molecule has 2 rings (SSSR count). The van der Waals surface area contributed by atoms with Gasteiger partial charge in [-0.05, 0) is 25.1 Å². The lowest BCUT2D eigenvalue weighted by Crippen LogP contribution is -2.35. The number of nitrogens with one attached hydrogen (secondary N) is 1. The van der Waals surface area contributed by atoms with Crippen molar-refractivity contribution in [2.24, 2.45) is 0 Å². The van der Waals surface area contributed by atoms with Gasteiger partial charge in [-0.25, -0.2) is 0 Å². The standard InChI is InChI=1S/C15H15Cl2NO4/c1-9-5-6-21-14(9)15(20)18-7-10(19)8-22-12-4-2-3-11(16)13(12)17/h2-6,10,19H,7-8H2,1H3,(H,18,20). The van der Waals surface area contributed by atoms with Crippen molar-refractivity contribution in [1.29, 1.82) is 0 Å². The Labute approximate surface area is 137 Å². The molecule has 2 N–H and O–H groups in total. The lowest BCUT2D eigenvalue weighted by molar-refractivity contribution is 0.0821. The van der Waals surface area contributed by atoms with Crippen LogP contribution >= 0.6 is 23.2 Å². The second kappa shape index (κ2) is 7.54. The minimum atomic E-state index is -0.894. The van der Waals surface area contributed by atoms with Gasteiger partial charge in [0, 0.05) is 12.1 Å². The van der Waals surface area contributed by atoms with Gasteiger partial charge in [-0.2, -0.15) is 0 Å². The number of furan rings is 1. The molecule has 2 aromatic rings. The zero-order valence-electron chi connectivity index (χ0n) is 11.8. The van der Waals surface area contributed by atoms with E-state index in [4.69, 9.17) is 32.4 Å². The molecule has 1 aromatic heterocycles. The molecule has 0 aliphatic heterocycles. The molecular weight excluding hydrogens is 329 g/mol. The number of rotatable bonds is 6. The van der Waals surface area contributed by atoms with E-state index >= 15 is 0 Å². The first-order valence-corrected chi connectivity index (χ1v) is 7.31. The molecule has 5 nitrogen and oxygen atoms in total. The van der Waals surface area contributed by atoms with Crippen molar-refractivity contribution in [3.63, 3.8) is 0 Å². The molecule has 22 heavy (non-hydrogen) atoms. The summed E-state index contributed by atoms with van der Waals surface area (Å²) in [6.07, 6.45) is 0.541. The SMILES string of the molecule is Cc1ccoc1C(=O)NCC(O)COc1cccc(Cl)c1Cl. The Morgan fingerprint density at radius 1 is 1.41 bits per heavy atom. The summed E-state index contributed by atoms with van der Waals surface area (Å²) in [5.74, 6) is 0.217. The molecule has 0 aliphatic carbocycles. The summed E-state index contributed by atoms with van der Waals surface area (Å²) in [6, 6.07) is 6.66. The summed E-state index contributed by atoms with van der Waals surface area (Å²) in [6.45, 7) is 1.76. The van der Waals surface area contributed by atoms with Crippen molar-refractivity contribution in [2.75, 3.05) is 13.2 Å². The first-order valence-electron chi connectivity index (χ1n) is 6.56. The van der Waals surface area contributed by atoms with Gasteiger partial charge in [0.1, 0.15) is 23.5 Å². The Balaban J connectivity index is 1.81. The summed E-state index contributed by atoms with van der Waals surface area (Å²) in [5, 5.41) is 13.1. The molecule has 0 radical (unpaired) electrons. The van der Waals surface area contributed by atoms with Crippen LogP contribution in [0.2, 0.25) is 10.0 Å². The summed E-state index contributed by atoms with van der Waals surface area (Å²) >= 11 is 11.8. The first kappa shape index (κ1) is 16.7. The van der Waals surface area contributed by atoms with Crippen LogP contribution in [0.5, 0.6) is 5.75 Å².